The molecule has 90 valence electrons. The van der Waals surface area contributed by atoms with Crippen molar-refractivity contribution in [1.82, 2.24) is 4.98 Å². The van der Waals surface area contributed by atoms with Gasteiger partial charge in [-0.05, 0) is 30.7 Å². The number of hydrogen-bond acceptors (Lipinski definition) is 4. The van der Waals surface area contributed by atoms with Crippen LogP contribution in [0.15, 0.2) is 29.9 Å². The zero-order valence-electron chi connectivity index (χ0n) is 10.4. The summed E-state index contributed by atoms with van der Waals surface area (Å²) < 4.78 is 0. The summed E-state index contributed by atoms with van der Waals surface area (Å²) in [4.78, 5) is 7.43. The Morgan fingerprint density at radius 3 is 2.76 bits per heavy atom. The summed E-state index contributed by atoms with van der Waals surface area (Å²) in [7, 11) is 4.11. The highest BCUT2D eigenvalue weighted by atomic mass is 32.1. The largest absolute Gasteiger partial charge is 0.380 e. The smallest absolute Gasteiger partial charge is 0.0794 e. The fraction of sp³-hybridized carbons (Fsp3) is 0.308. The van der Waals surface area contributed by atoms with E-state index < -0.39 is 0 Å². The third-order valence-electron chi connectivity index (χ3n) is 2.66. The van der Waals surface area contributed by atoms with Gasteiger partial charge in [-0.3, -0.25) is 4.98 Å². The van der Waals surface area contributed by atoms with E-state index in [9.17, 15) is 0 Å². The van der Waals surface area contributed by atoms with Crippen LogP contribution < -0.4 is 10.2 Å². The molecule has 0 saturated heterocycles. The van der Waals surface area contributed by atoms with Gasteiger partial charge >= 0.3 is 0 Å². The Balaban J connectivity index is 2.06. The fourth-order valence-corrected chi connectivity index (χ4v) is 2.17. The maximum Gasteiger partial charge on any atom is 0.0794 e. The van der Waals surface area contributed by atoms with Crippen molar-refractivity contribution in [3.8, 4) is 0 Å². The van der Waals surface area contributed by atoms with E-state index in [-0.39, 0.29) is 0 Å². The van der Waals surface area contributed by atoms with Gasteiger partial charge in [0.2, 0.25) is 0 Å². The van der Waals surface area contributed by atoms with E-state index in [4.69, 9.17) is 0 Å². The van der Waals surface area contributed by atoms with Gasteiger partial charge in [-0.25, -0.2) is 0 Å². The van der Waals surface area contributed by atoms with Crippen molar-refractivity contribution in [1.29, 1.82) is 0 Å². The Morgan fingerprint density at radius 2 is 2.18 bits per heavy atom. The van der Waals surface area contributed by atoms with Crippen LogP contribution in [0.5, 0.6) is 0 Å². The molecule has 4 heteroatoms. The number of nitrogens with zero attached hydrogens (tertiary/aromatic N) is 2. The summed E-state index contributed by atoms with van der Waals surface area (Å²) in [6, 6.07) is 6.45. The molecule has 0 aliphatic rings. The number of anilines is 2. The molecule has 0 aliphatic heterocycles. The zero-order valence-corrected chi connectivity index (χ0v) is 11.2. The summed E-state index contributed by atoms with van der Waals surface area (Å²) in [5, 5.41) is 3.43. The molecule has 0 aliphatic carbocycles. The monoisotopic (exact) mass is 247 g/mol. The molecule has 0 amide bonds. The molecule has 0 unspecified atom stereocenters. The number of aryl methyl sites for hydroxylation is 1. The molecule has 1 heterocycles. The van der Waals surface area contributed by atoms with E-state index in [0.29, 0.717) is 0 Å². The molecule has 0 fully saturated rings. The third kappa shape index (κ3) is 2.97. The van der Waals surface area contributed by atoms with Gasteiger partial charge in [0.05, 0.1) is 12.1 Å². The van der Waals surface area contributed by atoms with Crippen molar-refractivity contribution in [3.63, 3.8) is 0 Å². The molecule has 0 saturated carbocycles. The molecule has 1 aromatic heterocycles. The van der Waals surface area contributed by atoms with E-state index in [2.05, 4.69) is 54.4 Å². The Morgan fingerprint density at radius 1 is 1.35 bits per heavy atom. The number of aromatic nitrogens is 1. The van der Waals surface area contributed by atoms with Crippen LogP contribution in [0.25, 0.3) is 0 Å². The molecule has 2 rings (SSSR count). The molecular weight excluding hydrogens is 230 g/mol. The molecular formula is C13H17N3S. The molecule has 0 spiro atoms. The topological polar surface area (TPSA) is 28.2 Å². The van der Waals surface area contributed by atoms with Crippen LogP contribution in [-0.4, -0.2) is 19.1 Å². The summed E-state index contributed by atoms with van der Waals surface area (Å²) >= 11 is 1.67. The lowest BCUT2D eigenvalue weighted by molar-refractivity contribution is 1.12. The molecule has 1 N–H and O–H groups in total. The minimum atomic E-state index is 0.840. The minimum absolute atomic E-state index is 0.840. The van der Waals surface area contributed by atoms with Crippen LogP contribution in [0.4, 0.5) is 11.4 Å². The molecule has 0 bridgehead atoms. The number of nitrogens with one attached hydrogen (secondary N) is 1. The van der Waals surface area contributed by atoms with Crippen molar-refractivity contribution in [2.24, 2.45) is 0 Å². The number of hydrogen-bond donors (Lipinski definition) is 1. The fourth-order valence-electron chi connectivity index (χ4n) is 1.64. The lowest BCUT2D eigenvalue weighted by atomic mass is 10.1. The predicted molar refractivity (Wildman–Crippen MR) is 74.9 cm³/mol. The molecule has 3 nitrogen and oxygen atoms in total. The Bertz CT molecular complexity index is 477. The van der Waals surface area contributed by atoms with Gasteiger partial charge < -0.3 is 10.2 Å². The maximum atomic E-state index is 4.07. The first-order chi connectivity index (χ1) is 8.16. The molecule has 0 atom stereocenters. The highest BCUT2D eigenvalue weighted by Crippen LogP contribution is 2.22. The summed E-state index contributed by atoms with van der Waals surface area (Å²) in [5.41, 5.74) is 5.54. The standard InChI is InChI=1S/C13H17N3S/c1-10-6-11(16(2)3)4-5-13(10)15-8-12-7-14-9-17-12/h4-7,9,15H,8H2,1-3H3. The normalized spacial score (nSPS) is 10.3. The second-order valence-corrected chi connectivity index (χ2v) is 5.19. The predicted octanol–water partition coefficient (Wildman–Crippen LogP) is 3.13. The summed E-state index contributed by atoms with van der Waals surface area (Å²) in [6.07, 6.45) is 1.90. The van der Waals surface area contributed by atoms with Gasteiger partial charge in [-0.15, -0.1) is 11.3 Å². The van der Waals surface area contributed by atoms with Crippen LogP contribution in [0.3, 0.4) is 0 Å². The Hall–Kier alpha value is -1.55. The van der Waals surface area contributed by atoms with Gasteiger partial charge in [-0.2, -0.15) is 0 Å². The number of rotatable bonds is 4. The van der Waals surface area contributed by atoms with Gasteiger partial charge in [0.25, 0.3) is 0 Å². The average Bonchev–Trinajstić information content (AvgIpc) is 2.80. The number of benzene rings is 1. The first-order valence-electron chi connectivity index (χ1n) is 5.56. The lowest BCUT2D eigenvalue weighted by Crippen LogP contribution is -2.09. The third-order valence-corrected chi connectivity index (χ3v) is 3.44. The van der Waals surface area contributed by atoms with Crippen molar-refractivity contribution in [3.05, 3.63) is 40.3 Å². The van der Waals surface area contributed by atoms with Gasteiger partial charge in [0.15, 0.2) is 0 Å². The summed E-state index contributed by atoms with van der Waals surface area (Å²) in [5.74, 6) is 0. The van der Waals surface area contributed by atoms with Gasteiger partial charge in [0, 0.05) is 36.5 Å². The van der Waals surface area contributed by atoms with Gasteiger partial charge in [-0.1, -0.05) is 0 Å². The second-order valence-electron chi connectivity index (χ2n) is 4.21. The first kappa shape index (κ1) is 11.9. The highest BCUT2D eigenvalue weighted by molar-refractivity contribution is 7.09. The van der Waals surface area contributed by atoms with Crippen LogP contribution >= 0.6 is 11.3 Å². The van der Waals surface area contributed by atoms with Crippen molar-refractivity contribution in [2.75, 3.05) is 24.3 Å². The van der Waals surface area contributed by atoms with Crippen LogP contribution in [0.2, 0.25) is 0 Å². The lowest BCUT2D eigenvalue weighted by Gasteiger charge is -2.15. The van der Waals surface area contributed by atoms with E-state index in [0.717, 1.165) is 6.54 Å². The van der Waals surface area contributed by atoms with Gasteiger partial charge in [0.1, 0.15) is 0 Å². The van der Waals surface area contributed by atoms with Crippen molar-refractivity contribution < 1.29 is 0 Å². The van der Waals surface area contributed by atoms with Crippen molar-refractivity contribution >= 4 is 22.7 Å². The van der Waals surface area contributed by atoms with Crippen LogP contribution in [-0.2, 0) is 6.54 Å². The van der Waals surface area contributed by atoms with Crippen LogP contribution in [0, 0.1) is 6.92 Å². The Kier molecular flexibility index (Phi) is 3.64. The van der Waals surface area contributed by atoms with E-state index in [1.54, 1.807) is 11.3 Å². The van der Waals surface area contributed by atoms with E-state index in [1.165, 1.54) is 21.8 Å². The molecule has 0 radical (unpaired) electrons. The number of thiazole rings is 1. The van der Waals surface area contributed by atoms with E-state index in [1.807, 2.05) is 11.7 Å². The summed E-state index contributed by atoms with van der Waals surface area (Å²) in [6.45, 7) is 2.97. The second kappa shape index (κ2) is 5.19. The van der Waals surface area contributed by atoms with Crippen molar-refractivity contribution in [2.45, 2.75) is 13.5 Å². The molecule has 17 heavy (non-hydrogen) atoms. The average molecular weight is 247 g/mol. The Labute approximate surface area is 106 Å². The molecule has 2 aromatic rings. The highest BCUT2D eigenvalue weighted by Gasteiger charge is 2.02. The molecule has 1 aromatic carbocycles. The van der Waals surface area contributed by atoms with E-state index >= 15 is 0 Å². The van der Waals surface area contributed by atoms with Crippen LogP contribution in [0.1, 0.15) is 10.4 Å². The SMILES string of the molecule is Cc1cc(N(C)C)ccc1NCc1cncs1. The maximum absolute atomic E-state index is 4.07. The quantitative estimate of drug-likeness (QED) is 0.899. The zero-order chi connectivity index (χ0) is 12.3. The minimum Gasteiger partial charge on any atom is -0.380 e. The first-order valence-corrected chi connectivity index (χ1v) is 6.44.